The van der Waals surface area contributed by atoms with Gasteiger partial charge in [0.05, 0.1) is 12.8 Å². The highest BCUT2D eigenvalue weighted by Crippen LogP contribution is 2.23. The van der Waals surface area contributed by atoms with E-state index in [-0.39, 0.29) is 0 Å². The van der Waals surface area contributed by atoms with Crippen molar-refractivity contribution < 1.29 is 4.42 Å². The highest BCUT2D eigenvalue weighted by Gasteiger charge is 2.31. The molecule has 1 aliphatic heterocycles. The molecule has 120 valence electrons. The summed E-state index contributed by atoms with van der Waals surface area (Å²) in [6, 6.07) is 2.76. The van der Waals surface area contributed by atoms with Gasteiger partial charge in [-0.25, -0.2) is 0 Å². The molecule has 2 rings (SSSR count). The van der Waals surface area contributed by atoms with Crippen LogP contribution in [0, 0.1) is 11.8 Å². The average Bonchev–Trinajstić information content (AvgIpc) is 2.97. The molecule has 4 nitrogen and oxygen atoms in total. The Morgan fingerprint density at radius 2 is 2.14 bits per heavy atom. The van der Waals surface area contributed by atoms with Crippen LogP contribution in [0.3, 0.4) is 0 Å². The van der Waals surface area contributed by atoms with E-state index in [1.807, 2.05) is 6.26 Å². The maximum absolute atomic E-state index is 5.72. The number of furan rings is 1. The summed E-state index contributed by atoms with van der Waals surface area (Å²) in [5.74, 6) is 2.52. The summed E-state index contributed by atoms with van der Waals surface area (Å²) in [7, 11) is 4.36. The van der Waals surface area contributed by atoms with Gasteiger partial charge in [0.2, 0.25) is 0 Å². The van der Waals surface area contributed by atoms with Crippen LogP contribution in [0.5, 0.6) is 0 Å². The molecule has 4 heteroatoms. The zero-order valence-electron chi connectivity index (χ0n) is 14.2. The first-order valence-corrected chi connectivity index (χ1v) is 8.12. The van der Waals surface area contributed by atoms with Crippen LogP contribution in [0.2, 0.25) is 0 Å². The third-order valence-electron chi connectivity index (χ3n) is 4.38. The Bertz CT molecular complexity index is 427. The van der Waals surface area contributed by atoms with E-state index in [1.54, 1.807) is 0 Å². The minimum atomic E-state index is 0.655. The molecule has 0 bridgehead atoms. The zero-order chi connectivity index (χ0) is 15.4. The molecule has 2 atom stereocenters. The summed E-state index contributed by atoms with van der Waals surface area (Å²) in [6.07, 6.45) is 1.82. The molecule has 0 radical (unpaired) electrons. The number of likely N-dealkylation sites (N-methyl/N-ethyl adjacent to an activating group) is 1. The van der Waals surface area contributed by atoms with Gasteiger partial charge < -0.3 is 14.6 Å². The van der Waals surface area contributed by atoms with E-state index in [9.17, 15) is 0 Å². The maximum Gasteiger partial charge on any atom is 0.122 e. The molecule has 0 aromatic carbocycles. The van der Waals surface area contributed by atoms with Crippen LogP contribution in [0.4, 0.5) is 0 Å². The minimum Gasteiger partial charge on any atom is -0.468 e. The molecule has 1 fully saturated rings. The summed E-state index contributed by atoms with van der Waals surface area (Å²) >= 11 is 0. The second-order valence-electron chi connectivity index (χ2n) is 7.10. The van der Waals surface area contributed by atoms with Crippen molar-refractivity contribution >= 4 is 0 Å². The van der Waals surface area contributed by atoms with Gasteiger partial charge in [0.1, 0.15) is 5.76 Å². The molecule has 1 aromatic rings. The molecular formula is C17H31N3O. The van der Waals surface area contributed by atoms with Gasteiger partial charge in [-0.2, -0.15) is 0 Å². The molecule has 1 saturated heterocycles. The molecule has 0 spiro atoms. The van der Waals surface area contributed by atoms with Gasteiger partial charge in [0.15, 0.2) is 0 Å². The van der Waals surface area contributed by atoms with Crippen molar-refractivity contribution in [1.82, 2.24) is 15.1 Å². The topological polar surface area (TPSA) is 31.7 Å². The van der Waals surface area contributed by atoms with Crippen molar-refractivity contribution in [2.24, 2.45) is 11.8 Å². The van der Waals surface area contributed by atoms with E-state index in [1.165, 1.54) is 5.56 Å². The number of rotatable bonds is 7. The third-order valence-corrected chi connectivity index (χ3v) is 4.38. The Morgan fingerprint density at radius 1 is 1.38 bits per heavy atom. The lowest BCUT2D eigenvalue weighted by Gasteiger charge is -2.22. The van der Waals surface area contributed by atoms with Crippen LogP contribution >= 0.6 is 0 Å². The van der Waals surface area contributed by atoms with E-state index in [4.69, 9.17) is 4.42 Å². The van der Waals surface area contributed by atoms with E-state index in [0.717, 1.165) is 44.4 Å². The van der Waals surface area contributed by atoms with E-state index in [0.29, 0.717) is 12.0 Å². The third kappa shape index (κ3) is 4.56. The number of hydrogen-bond acceptors (Lipinski definition) is 4. The molecule has 2 heterocycles. The van der Waals surface area contributed by atoms with Gasteiger partial charge in [-0.1, -0.05) is 20.8 Å². The summed E-state index contributed by atoms with van der Waals surface area (Å²) < 4.78 is 5.72. The number of likely N-dealkylation sites (tertiary alicyclic amines) is 1. The average molecular weight is 293 g/mol. The lowest BCUT2D eigenvalue weighted by Crippen LogP contribution is -2.34. The molecule has 1 aromatic heterocycles. The van der Waals surface area contributed by atoms with Crippen molar-refractivity contribution in [3.05, 3.63) is 23.7 Å². The van der Waals surface area contributed by atoms with Gasteiger partial charge >= 0.3 is 0 Å². The Hall–Kier alpha value is -0.840. The smallest absolute Gasteiger partial charge is 0.122 e. The summed E-state index contributed by atoms with van der Waals surface area (Å²) in [5.41, 5.74) is 1.30. The minimum absolute atomic E-state index is 0.655. The number of hydrogen-bond donors (Lipinski definition) is 1. The van der Waals surface area contributed by atoms with Crippen molar-refractivity contribution in [2.75, 3.05) is 33.7 Å². The molecule has 0 aliphatic carbocycles. The summed E-state index contributed by atoms with van der Waals surface area (Å²) in [4.78, 5) is 4.86. The van der Waals surface area contributed by atoms with Crippen LogP contribution in [-0.4, -0.2) is 49.6 Å². The van der Waals surface area contributed by atoms with E-state index in [2.05, 4.69) is 56.0 Å². The molecule has 21 heavy (non-hydrogen) atoms. The van der Waals surface area contributed by atoms with Crippen LogP contribution in [-0.2, 0) is 13.1 Å². The largest absolute Gasteiger partial charge is 0.468 e. The lowest BCUT2D eigenvalue weighted by atomic mass is 10.1. The Morgan fingerprint density at radius 3 is 2.76 bits per heavy atom. The van der Waals surface area contributed by atoms with Crippen molar-refractivity contribution in [3.63, 3.8) is 0 Å². The van der Waals surface area contributed by atoms with E-state index < -0.39 is 0 Å². The van der Waals surface area contributed by atoms with Gasteiger partial charge in [-0.15, -0.1) is 0 Å². The molecular weight excluding hydrogens is 262 g/mol. The molecule has 0 amide bonds. The lowest BCUT2D eigenvalue weighted by molar-refractivity contribution is 0.243. The van der Waals surface area contributed by atoms with Crippen LogP contribution in [0.15, 0.2) is 16.7 Å². The predicted octanol–water partition coefficient (Wildman–Crippen LogP) is 2.41. The first-order valence-electron chi connectivity index (χ1n) is 8.12. The fourth-order valence-corrected chi connectivity index (χ4v) is 3.21. The fraction of sp³-hybridized carbons (Fsp3) is 0.765. The van der Waals surface area contributed by atoms with Crippen LogP contribution < -0.4 is 5.32 Å². The maximum atomic E-state index is 5.72. The Labute approximate surface area is 129 Å². The van der Waals surface area contributed by atoms with Gasteiger partial charge in [0.25, 0.3) is 0 Å². The van der Waals surface area contributed by atoms with Gasteiger partial charge in [-0.05, 0) is 38.5 Å². The normalized spacial score (nSPS) is 23.6. The highest BCUT2D eigenvalue weighted by atomic mass is 16.3. The van der Waals surface area contributed by atoms with Crippen molar-refractivity contribution in [1.29, 1.82) is 0 Å². The monoisotopic (exact) mass is 293 g/mol. The van der Waals surface area contributed by atoms with Crippen LogP contribution in [0.1, 0.15) is 32.1 Å². The quantitative estimate of drug-likeness (QED) is 0.836. The van der Waals surface area contributed by atoms with Gasteiger partial charge in [0, 0.05) is 31.2 Å². The van der Waals surface area contributed by atoms with Crippen LogP contribution in [0.25, 0.3) is 0 Å². The predicted molar refractivity (Wildman–Crippen MR) is 87.2 cm³/mol. The van der Waals surface area contributed by atoms with Gasteiger partial charge in [-0.3, -0.25) is 4.90 Å². The molecule has 1 N–H and O–H groups in total. The molecule has 2 unspecified atom stereocenters. The Kier molecular flexibility index (Phi) is 5.85. The first kappa shape index (κ1) is 16.5. The molecule has 1 aliphatic rings. The van der Waals surface area contributed by atoms with E-state index >= 15 is 0 Å². The number of nitrogens with one attached hydrogen (secondary N) is 1. The van der Waals surface area contributed by atoms with Crippen molar-refractivity contribution in [3.8, 4) is 0 Å². The standard InChI is InChI=1S/C17H31N3O/c1-13(2)8-18-9-15-6-7-21-17(15)12-20-10-14(3)16(11-20)19(4)5/h6-7,13-14,16,18H,8-12H2,1-5H3. The first-order chi connectivity index (χ1) is 9.97. The second-order valence-corrected chi connectivity index (χ2v) is 7.10. The van der Waals surface area contributed by atoms with Crippen molar-refractivity contribution in [2.45, 2.75) is 39.9 Å². The summed E-state index contributed by atoms with van der Waals surface area (Å²) in [6.45, 7) is 12.0. The molecule has 0 saturated carbocycles. The highest BCUT2D eigenvalue weighted by molar-refractivity contribution is 5.17. The zero-order valence-corrected chi connectivity index (χ0v) is 14.2. The Balaban J connectivity index is 1.88. The number of nitrogens with zero attached hydrogens (tertiary/aromatic N) is 2. The summed E-state index contributed by atoms with van der Waals surface area (Å²) in [5, 5.41) is 3.50. The second kappa shape index (κ2) is 7.43. The fourth-order valence-electron chi connectivity index (χ4n) is 3.21. The SMILES string of the molecule is CC(C)CNCc1ccoc1CN1CC(C)C(N(C)C)C1.